The molecule has 0 aliphatic heterocycles. The number of benzene rings is 3. The van der Waals surface area contributed by atoms with Gasteiger partial charge in [0.15, 0.2) is 0 Å². The normalized spacial score (nSPS) is 10.6. The van der Waals surface area contributed by atoms with Crippen molar-refractivity contribution in [2.75, 3.05) is 19.8 Å². The van der Waals surface area contributed by atoms with Crippen LogP contribution in [-0.4, -0.2) is 45.2 Å². The lowest BCUT2D eigenvalue weighted by Crippen LogP contribution is -2.20. The van der Waals surface area contributed by atoms with Gasteiger partial charge in [-0.1, -0.05) is 121 Å². The van der Waals surface area contributed by atoms with E-state index < -0.39 is 28.2 Å². The van der Waals surface area contributed by atoms with Gasteiger partial charge >= 0.3 is 12.2 Å². The summed E-state index contributed by atoms with van der Waals surface area (Å²) < 4.78 is 8.73. The van der Waals surface area contributed by atoms with Crippen molar-refractivity contribution in [3.63, 3.8) is 0 Å². The van der Waals surface area contributed by atoms with Gasteiger partial charge in [0.2, 0.25) is 0 Å². The number of hydrogen-bond acceptors (Lipinski definition) is 5. The van der Waals surface area contributed by atoms with Crippen molar-refractivity contribution in [3.05, 3.63) is 91.0 Å². The number of ether oxygens (including phenoxy) is 2. The van der Waals surface area contributed by atoms with Crippen molar-refractivity contribution in [2.24, 2.45) is 10.2 Å². The molecule has 0 spiro atoms. The second-order valence-corrected chi connectivity index (χ2v) is 16.8. The van der Waals surface area contributed by atoms with Gasteiger partial charge in [0, 0.05) is 14.7 Å². The largest absolute Gasteiger partial charge is 0.452 e. The maximum Gasteiger partial charge on any atom is 0.452 e. The fraction of sp³-hybridized carbons (Fsp3) is 0.310. The molecule has 0 bridgehead atoms. The topological polar surface area (TPSA) is 97.6 Å². The van der Waals surface area contributed by atoms with E-state index in [4.69, 9.17) is 5.11 Å². The Bertz CT molecular complexity index is 964. The van der Waals surface area contributed by atoms with Crippen LogP contribution in [0.1, 0.15) is 13.8 Å². The Morgan fingerprint density at radius 2 is 1.00 bits per heavy atom. The second kappa shape index (κ2) is 19.0. The molecule has 3 aromatic rings. The first-order valence-electron chi connectivity index (χ1n) is 12.5. The molecule has 0 aromatic heterocycles. The van der Waals surface area contributed by atoms with Crippen LogP contribution in [0.5, 0.6) is 0 Å². The number of rotatable bonds is 7. The summed E-state index contributed by atoms with van der Waals surface area (Å²) in [5.41, 5.74) is 0. The molecule has 0 unspecified atom stereocenters. The van der Waals surface area contributed by atoms with E-state index in [2.05, 4.69) is 130 Å². The molecule has 38 heavy (non-hydrogen) atoms. The highest BCUT2D eigenvalue weighted by atomic mass is 31.1. The van der Waals surface area contributed by atoms with Crippen LogP contribution >= 0.6 is 7.92 Å². The summed E-state index contributed by atoms with van der Waals surface area (Å²) in [7, 11) is -1.35. The van der Waals surface area contributed by atoms with Gasteiger partial charge in [0.25, 0.3) is 0 Å². The summed E-state index contributed by atoms with van der Waals surface area (Å²) in [6, 6.07) is 33.4. The minimum absolute atomic E-state index is 0.195. The molecule has 0 aliphatic carbocycles. The van der Waals surface area contributed by atoms with Crippen molar-refractivity contribution in [1.82, 2.24) is 0 Å². The molecule has 0 atom stereocenters. The number of nitrogens with zero attached hydrogens (tertiary/aromatic N) is 2. The Morgan fingerprint density at radius 1 is 0.684 bits per heavy atom. The predicted molar refractivity (Wildman–Crippen MR) is 159 cm³/mol. The van der Waals surface area contributed by atoms with Gasteiger partial charge in [-0.15, -0.1) is 0 Å². The fourth-order valence-electron chi connectivity index (χ4n) is 2.90. The highest BCUT2D eigenvalue weighted by Gasteiger charge is 2.15. The van der Waals surface area contributed by atoms with Gasteiger partial charge in [-0.25, -0.2) is 9.59 Å². The van der Waals surface area contributed by atoms with Crippen LogP contribution in [0.4, 0.5) is 9.59 Å². The van der Waals surface area contributed by atoms with E-state index in [0.717, 1.165) is 6.04 Å². The molecule has 9 heteroatoms. The monoisotopic (exact) mass is 554 g/mol. The third kappa shape index (κ3) is 14.5. The summed E-state index contributed by atoms with van der Waals surface area (Å²) in [4.78, 5) is 20.9. The summed E-state index contributed by atoms with van der Waals surface area (Å²) in [5.74, 6) is 0. The van der Waals surface area contributed by atoms with Crippen molar-refractivity contribution in [3.8, 4) is 0 Å². The Balaban J connectivity index is 0.000000327. The first-order chi connectivity index (χ1) is 18.2. The van der Waals surface area contributed by atoms with Gasteiger partial charge in [-0.2, -0.15) is 0 Å². The fourth-order valence-corrected chi connectivity index (χ4v) is 5.88. The Kier molecular flexibility index (Phi) is 16.4. The van der Waals surface area contributed by atoms with E-state index in [1.54, 1.807) is 13.8 Å². The lowest BCUT2D eigenvalue weighted by molar-refractivity contribution is 0.152. The molecule has 0 heterocycles. The number of azo groups is 1. The van der Waals surface area contributed by atoms with Crippen molar-refractivity contribution >= 4 is 44.1 Å². The molecule has 7 nitrogen and oxygen atoms in total. The summed E-state index contributed by atoms with van der Waals surface area (Å²) in [6.07, 6.45) is -1.80. The molecular formula is C29H39N2O5PSi. The van der Waals surface area contributed by atoms with E-state index >= 15 is 0 Å². The molecule has 204 valence electrons. The zero-order valence-corrected chi connectivity index (χ0v) is 24.8. The minimum atomic E-state index is -0.907. The predicted octanol–water partition coefficient (Wildman–Crippen LogP) is 6.51. The third-order valence-electron chi connectivity index (χ3n) is 4.65. The number of carbonyl (C=O) groups excluding carboxylic acids is 2. The average Bonchev–Trinajstić information content (AvgIpc) is 2.90. The van der Waals surface area contributed by atoms with E-state index in [0.29, 0.717) is 6.61 Å². The number of aliphatic hydroxyl groups excluding tert-OH is 1. The van der Waals surface area contributed by atoms with Gasteiger partial charge in [-0.3, -0.25) is 0 Å². The first-order valence-corrected chi connectivity index (χ1v) is 17.6. The number of carbonyl (C=O) groups is 2. The first kappa shape index (κ1) is 32.8. The van der Waals surface area contributed by atoms with Gasteiger partial charge in [0.05, 0.1) is 13.2 Å². The zero-order chi connectivity index (χ0) is 28.2. The van der Waals surface area contributed by atoms with Crippen LogP contribution in [0, 0.1) is 0 Å². The smallest absolute Gasteiger partial charge is 0.447 e. The number of hydrogen-bond donors (Lipinski definition) is 1. The van der Waals surface area contributed by atoms with Crippen LogP contribution in [-0.2, 0) is 9.47 Å². The third-order valence-corrected chi connectivity index (χ3v) is 8.82. The zero-order valence-electron chi connectivity index (χ0n) is 22.9. The van der Waals surface area contributed by atoms with Gasteiger partial charge in [0.1, 0.15) is 0 Å². The van der Waals surface area contributed by atoms with Crippen molar-refractivity contribution in [1.29, 1.82) is 0 Å². The molecular weight excluding hydrogens is 515 g/mol. The van der Waals surface area contributed by atoms with Crippen LogP contribution < -0.4 is 15.9 Å². The lowest BCUT2D eigenvalue weighted by atomic mass is 10.4. The second-order valence-electron chi connectivity index (χ2n) is 8.97. The summed E-state index contributed by atoms with van der Waals surface area (Å²) in [5, 5.41) is 18.5. The minimum Gasteiger partial charge on any atom is -0.447 e. The van der Waals surface area contributed by atoms with Crippen LogP contribution in [0.15, 0.2) is 101 Å². The molecule has 1 N–H and O–H groups in total. The van der Waals surface area contributed by atoms with E-state index in [1.807, 2.05) is 0 Å². The molecule has 0 radical (unpaired) electrons. The molecule has 3 rings (SSSR count). The maximum atomic E-state index is 10.5. The standard InChI is InChI=1S/C18H15P.C6H10N2O4.C5H14OSi/c1-4-10-16(11-5-1)19(17-12-6-2-7-13-17)18-14-8-3-9-15-18;1-3-11-5(9)7-8-6(10)12-4-2;1-7(2,3)5-4-6/h1-15H;3-4H2,1-2H3;6H,4-5H2,1-3H3. The van der Waals surface area contributed by atoms with Gasteiger partial charge < -0.3 is 14.6 Å². The number of aliphatic hydroxyl groups is 1. The lowest BCUT2D eigenvalue weighted by Gasteiger charge is -2.18. The molecule has 2 amide bonds. The Morgan fingerprint density at radius 3 is 1.21 bits per heavy atom. The highest BCUT2D eigenvalue weighted by molar-refractivity contribution is 7.79. The van der Waals surface area contributed by atoms with Crippen LogP contribution in [0.2, 0.25) is 25.7 Å². The molecule has 0 saturated heterocycles. The Hall–Kier alpha value is -3.19. The molecule has 0 aliphatic rings. The summed E-state index contributed by atoms with van der Waals surface area (Å²) in [6.45, 7) is 10.8. The highest BCUT2D eigenvalue weighted by Crippen LogP contribution is 2.32. The quantitative estimate of drug-likeness (QED) is 0.204. The summed E-state index contributed by atoms with van der Waals surface area (Å²) >= 11 is 0. The van der Waals surface area contributed by atoms with E-state index in [9.17, 15) is 9.59 Å². The molecule has 0 fully saturated rings. The molecule has 3 aromatic carbocycles. The Labute approximate surface area is 228 Å². The van der Waals surface area contributed by atoms with Crippen LogP contribution in [0.25, 0.3) is 0 Å². The average molecular weight is 555 g/mol. The molecule has 0 saturated carbocycles. The van der Waals surface area contributed by atoms with Crippen molar-refractivity contribution < 1.29 is 24.2 Å². The maximum absolute atomic E-state index is 10.5. The van der Waals surface area contributed by atoms with Crippen LogP contribution in [0.3, 0.4) is 0 Å². The SMILES string of the molecule is CCOC(=O)N=NC(=O)OCC.C[Si](C)(C)CCO.c1ccc(P(c2ccccc2)c2ccccc2)cc1. The number of amides is 2. The van der Waals surface area contributed by atoms with E-state index in [1.165, 1.54) is 15.9 Å². The van der Waals surface area contributed by atoms with Gasteiger partial charge in [-0.05, 0) is 43.7 Å². The van der Waals surface area contributed by atoms with E-state index in [-0.39, 0.29) is 13.2 Å². The van der Waals surface area contributed by atoms with Crippen molar-refractivity contribution in [2.45, 2.75) is 39.5 Å².